The fraction of sp³-hybridized carbons (Fsp3) is 0.109. The van der Waals surface area contributed by atoms with Crippen molar-refractivity contribution in [1.29, 1.82) is 0 Å². The van der Waals surface area contributed by atoms with Gasteiger partial charge in [-0.3, -0.25) is 0 Å². The lowest BCUT2D eigenvalue weighted by Crippen LogP contribution is -2.53. The largest absolute Gasteiger partial charge is 0.463 e. The summed E-state index contributed by atoms with van der Waals surface area (Å²) in [5.74, 6) is -0.481. The molecule has 0 aliphatic heterocycles. The molecule has 0 fully saturated rings. The van der Waals surface area contributed by atoms with Crippen LogP contribution < -0.4 is 0 Å². The molecule has 0 atom stereocenters. The Labute approximate surface area is 357 Å². The van der Waals surface area contributed by atoms with Crippen LogP contribution in [-0.4, -0.2) is 24.9 Å². The molecule has 0 unspecified atom stereocenters. The number of fused-ring (bicyclic) bond motifs is 3. The van der Waals surface area contributed by atoms with Gasteiger partial charge in [-0.05, 0) is 157 Å². The zero-order valence-electron chi connectivity index (χ0n) is 33.5. The molecule has 0 radical (unpaired) electrons. The van der Waals surface area contributed by atoms with Crippen LogP contribution in [0, 0.1) is 0 Å². The first-order valence-electron chi connectivity index (χ1n) is 20.6. The van der Waals surface area contributed by atoms with Crippen molar-refractivity contribution >= 4 is 76.7 Å². The van der Waals surface area contributed by atoms with Gasteiger partial charge in [0.25, 0.3) is 0 Å². The van der Waals surface area contributed by atoms with Gasteiger partial charge in [0.2, 0.25) is 5.41 Å². The minimum atomic E-state index is -5.75. The van der Waals surface area contributed by atoms with Crippen molar-refractivity contribution in [2.75, 3.05) is 6.61 Å². The summed E-state index contributed by atoms with van der Waals surface area (Å²) in [6, 6.07) is 39.3. The van der Waals surface area contributed by atoms with Gasteiger partial charge < -0.3 is 4.74 Å². The Morgan fingerprint density at radius 3 is 1.41 bits per heavy atom. The van der Waals surface area contributed by atoms with E-state index in [1.807, 2.05) is 72.8 Å². The normalized spacial score (nSPS) is 13.7. The molecule has 0 spiro atoms. The fourth-order valence-electron chi connectivity index (χ4n) is 10.4. The van der Waals surface area contributed by atoms with E-state index in [0.717, 1.165) is 88.6 Å². The van der Waals surface area contributed by atoms with Crippen molar-refractivity contribution in [3.8, 4) is 33.4 Å². The summed E-state index contributed by atoms with van der Waals surface area (Å²) in [5, 5.41) is 10.7. The highest BCUT2D eigenvalue weighted by Crippen LogP contribution is 2.64. The van der Waals surface area contributed by atoms with Crippen molar-refractivity contribution in [1.82, 2.24) is 0 Å². The Morgan fingerprint density at radius 2 is 0.952 bits per heavy atom. The molecule has 308 valence electrons. The fourth-order valence-corrected chi connectivity index (χ4v) is 10.4. The quantitative estimate of drug-likeness (QED) is 0.0501. The second-order valence-electron chi connectivity index (χ2n) is 16.5. The second kappa shape index (κ2) is 13.7. The summed E-state index contributed by atoms with van der Waals surface area (Å²) < 4.78 is 100. The number of benzene rings is 10. The van der Waals surface area contributed by atoms with Crippen LogP contribution in [0.2, 0.25) is 0 Å². The van der Waals surface area contributed by atoms with Crippen molar-refractivity contribution in [2.24, 2.45) is 0 Å². The summed E-state index contributed by atoms with van der Waals surface area (Å²) in [4.78, 5) is 11.5. The van der Waals surface area contributed by atoms with Gasteiger partial charge in [0.05, 0.1) is 6.61 Å². The average molecular weight is 841 g/mol. The lowest BCUT2D eigenvalue weighted by atomic mass is 9.75. The number of hydrogen-bond donors (Lipinski definition) is 0. The monoisotopic (exact) mass is 840 g/mol. The average Bonchev–Trinajstić information content (AvgIpc) is 3.59. The number of esters is 1. The molecule has 0 aromatic heterocycles. The molecule has 0 heterocycles. The Bertz CT molecular complexity index is 3510. The molecule has 0 amide bonds. The van der Waals surface area contributed by atoms with Gasteiger partial charge in [0.1, 0.15) is 0 Å². The van der Waals surface area contributed by atoms with Crippen molar-refractivity contribution < 1.29 is 35.9 Å². The minimum Gasteiger partial charge on any atom is -0.463 e. The maximum absolute atomic E-state index is 15.9. The second-order valence-corrected chi connectivity index (χ2v) is 16.5. The topological polar surface area (TPSA) is 26.3 Å². The number of aryl methyl sites for hydroxylation is 1. The van der Waals surface area contributed by atoms with Crippen LogP contribution in [0.25, 0.3) is 104 Å². The Kier molecular flexibility index (Phi) is 8.39. The SMILES string of the molecule is C=CC(=O)OCCCc1cc2ccc3ccc(-c4ccc5c(c4)C(C(F)(F)F)(C(F)(F)F)c4cc(-c6ccc7ccc8cc(C=C)cc9ccc6c7c89)ccc4-5)c4ccc(c1)c2c34. The van der Waals surface area contributed by atoms with Crippen LogP contribution in [0.15, 0.2) is 153 Å². The summed E-state index contributed by atoms with van der Waals surface area (Å²) in [6.07, 6.45) is -7.35. The lowest BCUT2D eigenvalue weighted by Gasteiger charge is -2.36. The first kappa shape index (κ1) is 38.7. The molecular weight excluding hydrogens is 807 g/mol. The molecule has 8 heteroatoms. The van der Waals surface area contributed by atoms with Gasteiger partial charge in [-0.2, -0.15) is 26.3 Å². The highest BCUT2D eigenvalue weighted by molar-refractivity contribution is 6.27. The smallest absolute Gasteiger partial charge is 0.411 e. The van der Waals surface area contributed by atoms with Crippen molar-refractivity contribution in [2.45, 2.75) is 30.6 Å². The van der Waals surface area contributed by atoms with Crippen LogP contribution in [0.1, 0.15) is 28.7 Å². The van der Waals surface area contributed by atoms with E-state index in [1.165, 1.54) is 12.1 Å². The van der Waals surface area contributed by atoms with E-state index in [1.54, 1.807) is 30.3 Å². The molecule has 2 nitrogen and oxygen atoms in total. The van der Waals surface area contributed by atoms with Gasteiger partial charge in [-0.25, -0.2) is 4.79 Å². The van der Waals surface area contributed by atoms with Crippen molar-refractivity contribution in [3.05, 3.63) is 175 Å². The molecule has 0 bridgehead atoms. The lowest BCUT2D eigenvalue weighted by molar-refractivity contribution is -0.287. The molecule has 11 rings (SSSR count). The van der Waals surface area contributed by atoms with Crippen molar-refractivity contribution in [3.63, 3.8) is 0 Å². The predicted molar refractivity (Wildman–Crippen MR) is 243 cm³/mol. The molecule has 0 saturated carbocycles. The minimum absolute atomic E-state index is 0.102. The van der Waals surface area contributed by atoms with Gasteiger partial charge in [0, 0.05) is 6.08 Å². The van der Waals surface area contributed by atoms with E-state index in [2.05, 4.69) is 25.3 Å². The summed E-state index contributed by atoms with van der Waals surface area (Å²) in [6.45, 7) is 7.57. The first-order valence-corrected chi connectivity index (χ1v) is 20.6. The standard InChI is InChI=1S/C55H34F6O2/c1-3-30-24-36-9-7-32-11-17-40(44-21-15-38(25-30)49(36)51(32)44)34-13-19-42-43-20-14-35(29-47(43)53(46(42)28-34,54(56,57)58)55(59,60)61)41-18-12-33-8-10-37-26-31(6-5-23-63-48(62)4-2)27-39-16-22-45(41)52(33)50(37)39/h3-4,7-22,24-29H,1-2,5-6,23H2. The van der Waals surface area contributed by atoms with Crippen LogP contribution in [0.5, 0.6) is 0 Å². The Morgan fingerprint density at radius 1 is 0.524 bits per heavy atom. The van der Waals surface area contributed by atoms with E-state index in [-0.39, 0.29) is 28.9 Å². The highest BCUT2D eigenvalue weighted by atomic mass is 19.4. The third-order valence-electron chi connectivity index (χ3n) is 13.1. The van der Waals surface area contributed by atoms with E-state index in [4.69, 9.17) is 4.74 Å². The molecule has 0 N–H and O–H groups in total. The molecular formula is C55H34F6O2. The van der Waals surface area contributed by atoms with E-state index >= 15 is 26.3 Å². The number of ether oxygens (including phenoxy) is 1. The Balaban J connectivity index is 1.06. The Hall–Kier alpha value is -7.19. The van der Waals surface area contributed by atoms with E-state index < -0.39 is 34.9 Å². The zero-order chi connectivity index (χ0) is 43.6. The summed E-state index contributed by atoms with van der Waals surface area (Å²) >= 11 is 0. The maximum atomic E-state index is 15.9. The number of hydrogen-bond acceptors (Lipinski definition) is 2. The molecule has 10 aromatic rings. The van der Waals surface area contributed by atoms with Crippen LogP contribution >= 0.6 is 0 Å². The molecule has 1 aliphatic rings. The van der Waals surface area contributed by atoms with Crippen LogP contribution in [-0.2, 0) is 21.4 Å². The maximum Gasteiger partial charge on any atom is 0.411 e. The van der Waals surface area contributed by atoms with E-state index in [0.29, 0.717) is 29.4 Å². The molecule has 1 aliphatic carbocycles. The van der Waals surface area contributed by atoms with Crippen LogP contribution in [0.4, 0.5) is 26.3 Å². The number of rotatable bonds is 8. The number of carbonyl (C=O) groups excluding carboxylic acids is 1. The number of alkyl halides is 6. The van der Waals surface area contributed by atoms with E-state index in [9.17, 15) is 4.79 Å². The number of halogens is 6. The zero-order valence-corrected chi connectivity index (χ0v) is 33.5. The number of carbonyl (C=O) groups is 1. The predicted octanol–water partition coefficient (Wildman–Crippen LogP) is 15.5. The summed E-state index contributed by atoms with van der Waals surface area (Å²) in [5.41, 5.74) is -2.63. The third kappa shape index (κ3) is 5.56. The molecule has 0 saturated heterocycles. The van der Waals surface area contributed by atoms with Crippen LogP contribution in [0.3, 0.4) is 0 Å². The van der Waals surface area contributed by atoms with Gasteiger partial charge >= 0.3 is 18.3 Å². The first-order chi connectivity index (χ1) is 30.3. The van der Waals surface area contributed by atoms with Gasteiger partial charge in [0.15, 0.2) is 0 Å². The summed E-state index contributed by atoms with van der Waals surface area (Å²) in [7, 11) is 0. The van der Waals surface area contributed by atoms with Gasteiger partial charge in [-0.1, -0.05) is 128 Å². The molecule has 10 aromatic carbocycles. The highest BCUT2D eigenvalue weighted by Gasteiger charge is 2.75. The molecule has 63 heavy (non-hydrogen) atoms. The van der Waals surface area contributed by atoms with Gasteiger partial charge in [-0.15, -0.1) is 0 Å². The third-order valence-corrected chi connectivity index (χ3v) is 13.1.